The van der Waals surface area contributed by atoms with Crippen molar-refractivity contribution >= 4 is 11.9 Å². The molecule has 0 aliphatic rings. The minimum absolute atomic E-state index is 0.0801. The average Bonchev–Trinajstić information content (AvgIpc) is 2.44. The van der Waals surface area contributed by atoms with Gasteiger partial charge in [-0.05, 0) is 18.2 Å². The summed E-state index contributed by atoms with van der Waals surface area (Å²) in [5.41, 5.74) is -6.77. The monoisotopic (exact) mass is 367 g/mol. The molecule has 0 saturated heterocycles. The average molecular weight is 367 g/mol. The van der Waals surface area contributed by atoms with Gasteiger partial charge in [0.05, 0.1) is 16.8 Å². The largest absolute Gasteiger partial charge is 0.494 e. The van der Waals surface area contributed by atoms with Crippen LogP contribution < -0.4 is 11.2 Å². The van der Waals surface area contributed by atoms with Crippen LogP contribution in [0.15, 0.2) is 32.8 Å². The molecule has 0 fully saturated rings. The molecule has 0 radical (unpaired) electrons. The molecular formula is C13H7F6N3O3. The maximum atomic E-state index is 12.7. The number of aromatic nitrogens is 2. The number of nitrogens with one attached hydrogen (secondary N) is 2. The van der Waals surface area contributed by atoms with Crippen LogP contribution in [0.2, 0.25) is 0 Å². The van der Waals surface area contributed by atoms with E-state index in [0.717, 1.165) is 0 Å². The molecule has 3 N–H and O–H groups in total. The zero-order chi connectivity index (χ0) is 19.0. The van der Waals surface area contributed by atoms with E-state index >= 15 is 0 Å². The van der Waals surface area contributed by atoms with Gasteiger partial charge >= 0.3 is 18.0 Å². The van der Waals surface area contributed by atoms with Gasteiger partial charge in [0.25, 0.3) is 5.56 Å². The standard InChI is InChI=1S/C13H7F6N3O3/c14-12(15,16)5-1-6(13(17,18)19)3-7(2-5)20-4-8-9(23)21-11(25)22-10(8)24/h1-4H,(H3,21,22,23,24,25). The van der Waals surface area contributed by atoms with Gasteiger partial charge in [0.15, 0.2) is 0 Å². The van der Waals surface area contributed by atoms with E-state index in [0.29, 0.717) is 18.3 Å². The number of benzene rings is 1. The highest BCUT2D eigenvalue weighted by Crippen LogP contribution is 2.38. The number of aromatic amines is 2. The van der Waals surface area contributed by atoms with Crippen LogP contribution in [-0.2, 0) is 12.4 Å². The minimum Gasteiger partial charge on any atom is -0.494 e. The van der Waals surface area contributed by atoms with E-state index in [1.165, 1.54) is 0 Å². The summed E-state index contributed by atoms with van der Waals surface area (Å²) in [4.78, 5) is 29.2. The van der Waals surface area contributed by atoms with Gasteiger partial charge in [-0.25, -0.2) is 4.79 Å². The van der Waals surface area contributed by atoms with Crippen LogP contribution in [0.1, 0.15) is 16.7 Å². The normalized spacial score (nSPS) is 12.7. The maximum absolute atomic E-state index is 12.7. The summed E-state index contributed by atoms with van der Waals surface area (Å²) in [7, 11) is 0. The molecule has 6 nitrogen and oxygen atoms in total. The van der Waals surface area contributed by atoms with Gasteiger partial charge in [-0.2, -0.15) is 26.3 Å². The lowest BCUT2D eigenvalue weighted by Gasteiger charge is -2.12. The molecule has 0 atom stereocenters. The summed E-state index contributed by atoms with van der Waals surface area (Å²) >= 11 is 0. The minimum atomic E-state index is -5.05. The van der Waals surface area contributed by atoms with Crippen molar-refractivity contribution in [3.05, 3.63) is 55.7 Å². The first-order chi connectivity index (χ1) is 11.4. The summed E-state index contributed by atoms with van der Waals surface area (Å²) in [5, 5.41) is 9.39. The fourth-order valence-corrected chi connectivity index (χ4v) is 1.76. The van der Waals surface area contributed by atoms with Crippen LogP contribution in [0.4, 0.5) is 32.0 Å². The van der Waals surface area contributed by atoms with Gasteiger partial charge in [0.2, 0.25) is 5.88 Å². The molecule has 0 bridgehead atoms. The van der Waals surface area contributed by atoms with E-state index in [-0.39, 0.29) is 6.07 Å². The number of H-pyrrole nitrogens is 2. The van der Waals surface area contributed by atoms with E-state index in [2.05, 4.69) is 4.99 Å². The Hall–Kier alpha value is -3.05. The van der Waals surface area contributed by atoms with E-state index in [9.17, 15) is 41.0 Å². The van der Waals surface area contributed by atoms with Crippen molar-refractivity contribution in [3.63, 3.8) is 0 Å². The van der Waals surface area contributed by atoms with Crippen molar-refractivity contribution in [1.82, 2.24) is 9.97 Å². The van der Waals surface area contributed by atoms with Crippen molar-refractivity contribution in [3.8, 4) is 5.88 Å². The van der Waals surface area contributed by atoms with Gasteiger partial charge in [-0.3, -0.25) is 19.8 Å². The molecule has 1 aromatic carbocycles. The fourth-order valence-electron chi connectivity index (χ4n) is 1.76. The van der Waals surface area contributed by atoms with Crippen LogP contribution in [0.25, 0.3) is 0 Å². The van der Waals surface area contributed by atoms with Gasteiger partial charge in [-0.1, -0.05) is 0 Å². The third-order valence-electron chi connectivity index (χ3n) is 2.87. The summed E-state index contributed by atoms with van der Waals surface area (Å²) < 4.78 is 76.3. The Balaban J connectivity index is 2.56. The first kappa shape index (κ1) is 18.3. The molecule has 0 unspecified atom stereocenters. The topological polar surface area (TPSA) is 98.3 Å². The van der Waals surface area contributed by atoms with Gasteiger partial charge in [0.1, 0.15) is 5.56 Å². The summed E-state index contributed by atoms with van der Waals surface area (Å²) in [6.07, 6.45) is -9.58. The number of nitrogens with zero attached hydrogens (tertiary/aromatic N) is 1. The van der Waals surface area contributed by atoms with E-state index < -0.39 is 51.9 Å². The first-order valence-electron chi connectivity index (χ1n) is 6.27. The number of hydrogen-bond donors (Lipinski definition) is 3. The highest BCUT2D eigenvalue weighted by atomic mass is 19.4. The van der Waals surface area contributed by atoms with Crippen LogP contribution in [0, 0.1) is 0 Å². The van der Waals surface area contributed by atoms with E-state index in [1.807, 2.05) is 0 Å². The summed E-state index contributed by atoms with van der Waals surface area (Å²) in [5.74, 6) is -0.944. The smallest absolute Gasteiger partial charge is 0.416 e. The van der Waals surface area contributed by atoms with Crippen LogP contribution in [-0.4, -0.2) is 21.3 Å². The molecule has 12 heteroatoms. The summed E-state index contributed by atoms with van der Waals surface area (Å²) in [6, 6.07) is 0.592. The molecule has 1 heterocycles. The second-order valence-electron chi connectivity index (χ2n) is 4.69. The van der Waals surface area contributed by atoms with Crippen molar-refractivity contribution in [2.24, 2.45) is 4.99 Å². The van der Waals surface area contributed by atoms with Crippen molar-refractivity contribution in [2.75, 3.05) is 0 Å². The van der Waals surface area contributed by atoms with Crippen molar-refractivity contribution in [1.29, 1.82) is 0 Å². The number of rotatable bonds is 2. The van der Waals surface area contributed by atoms with E-state index in [1.54, 1.807) is 9.97 Å². The maximum Gasteiger partial charge on any atom is 0.416 e. The zero-order valence-electron chi connectivity index (χ0n) is 11.8. The quantitative estimate of drug-likeness (QED) is 0.562. The highest BCUT2D eigenvalue weighted by molar-refractivity contribution is 5.84. The van der Waals surface area contributed by atoms with Crippen molar-refractivity contribution in [2.45, 2.75) is 12.4 Å². The molecule has 25 heavy (non-hydrogen) atoms. The zero-order valence-corrected chi connectivity index (χ0v) is 11.8. The third kappa shape index (κ3) is 4.28. The Morgan fingerprint density at radius 2 is 1.44 bits per heavy atom. The number of aliphatic imine (C=N–C) groups is 1. The number of aromatic hydroxyl groups is 1. The third-order valence-corrected chi connectivity index (χ3v) is 2.87. The van der Waals surface area contributed by atoms with Gasteiger partial charge in [-0.15, -0.1) is 0 Å². The number of alkyl halides is 6. The summed E-state index contributed by atoms with van der Waals surface area (Å²) in [6.45, 7) is 0. The Kier molecular flexibility index (Phi) is 4.47. The van der Waals surface area contributed by atoms with Crippen LogP contribution in [0.3, 0.4) is 0 Å². The lowest BCUT2D eigenvalue weighted by Crippen LogP contribution is -2.24. The lowest BCUT2D eigenvalue weighted by molar-refractivity contribution is -0.143. The number of halogens is 6. The molecule has 0 amide bonds. The number of hydrogen-bond acceptors (Lipinski definition) is 4. The second-order valence-corrected chi connectivity index (χ2v) is 4.69. The van der Waals surface area contributed by atoms with Crippen LogP contribution in [0.5, 0.6) is 5.88 Å². The predicted octanol–water partition coefficient (Wildman–Crippen LogP) is 2.56. The molecular weight excluding hydrogens is 360 g/mol. The molecule has 0 spiro atoms. The molecule has 134 valence electrons. The molecule has 0 aliphatic carbocycles. The Morgan fingerprint density at radius 3 is 1.88 bits per heavy atom. The van der Waals surface area contributed by atoms with Gasteiger partial charge in [0, 0.05) is 6.21 Å². The SMILES string of the molecule is O=c1[nH]c(O)c(C=Nc2cc(C(F)(F)F)cc(C(F)(F)F)c2)c(=O)[nH]1. The highest BCUT2D eigenvalue weighted by Gasteiger charge is 2.36. The Bertz CT molecular complexity index is 907. The second kappa shape index (κ2) is 6.11. The Labute approximate surface area is 133 Å². The Morgan fingerprint density at radius 1 is 0.920 bits per heavy atom. The molecule has 1 aromatic heterocycles. The molecule has 2 rings (SSSR count). The molecule has 2 aromatic rings. The van der Waals surface area contributed by atoms with Gasteiger partial charge < -0.3 is 5.11 Å². The van der Waals surface area contributed by atoms with Crippen molar-refractivity contribution < 1.29 is 31.4 Å². The fraction of sp³-hybridized carbons (Fsp3) is 0.154. The first-order valence-corrected chi connectivity index (χ1v) is 6.27. The predicted molar refractivity (Wildman–Crippen MR) is 73.0 cm³/mol. The van der Waals surface area contributed by atoms with E-state index in [4.69, 9.17) is 0 Å². The molecule has 0 aliphatic heterocycles. The molecule has 0 saturated carbocycles. The lowest BCUT2D eigenvalue weighted by atomic mass is 10.1. The van der Waals surface area contributed by atoms with Crippen LogP contribution >= 0.6 is 0 Å².